The third kappa shape index (κ3) is 5.60. The van der Waals surface area contributed by atoms with Gasteiger partial charge in [0.2, 0.25) is 11.6 Å². The normalized spacial score (nSPS) is 15.1. The van der Waals surface area contributed by atoms with Crippen molar-refractivity contribution in [2.24, 2.45) is 0 Å². The minimum Gasteiger partial charge on any atom is -0.367 e. The second kappa shape index (κ2) is 11.1. The maximum absolute atomic E-state index is 13.3. The first-order valence-electron chi connectivity index (χ1n) is 11.6. The standard InChI is InChI=1S/C24H26N4O2S.C2H6/c1-15(2)25-24(31)27-17-11-9-16(10-12-17)26-20-21(28-13-5-6-14-28)23(30)19-8-4-3-7-18(19)22(20)29;1-2/h3-4,7-12,15,26H,5-6,13-14H2,1-2H3,(H2,25,27,31);1-2H3. The molecule has 1 aliphatic heterocycles. The second-order valence-electron chi connectivity index (χ2n) is 8.08. The average Bonchev–Trinajstić information content (AvgIpc) is 3.34. The number of rotatable bonds is 5. The lowest BCUT2D eigenvalue weighted by Crippen LogP contribution is -2.35. The number of carbonyl (C=O) groups is 2. The number of allylic oxidation sites excluding steroid dienone is 2. The Morgan fingerprint density at radius 2 is 1.42 bits per heavy atom. The molecule has 0 aromatic heterocycles. The van der Waals surface area contributed by atoms with Gasteiger partial charge >= 0.3 is 0 Å². The molecule has 3 N–H and O–H groups in total. The highest BCUT2D eigenvalue weighted by molar-refractivity contribution is 7.80. The summed E-state index contributed by atoms with van der Waals surface area (Å²) in [6.07, 6.45) is 2.04. The molecule has 2 aromatic carbocycles. The Morgan fingerprint density at radius 1 is 0.879 bits per heavy atom. The first kappa shape index (κ1) is 24.5. The van der Waals surface area contributed by atoms with E-state index in [9.17, 15) is 9.59 Å². The number of hydrogen-bond donors (Lipinski definition) is 3. The summed E-state index contributed by atoms with van der Waals surface area (Å²) in [6.45, 7) is 9.61. The predicted octanol–water partition coefficient (Wildman–Crippen LogP) is 5.21. The summed E-state index contributed by atoms with van der Waals surface area (Å²) in [4.78, 5) is 28.6. The number of anilines is 2. The number of benzene rings is 2. The Morgan fingerprint density at radius 3 is 2.00 bits per heavy atom. The zero-order valence-electron chi connectivity index (χ0n) is 19.7. The van der Waals surface area contributed by atoms with Gasteiger partial charge < -0.3 is 20.9 Å². The maximum Gasteiger partial charge on any atom is 0.212 e. The Labute approximate surface area is 201 Å². The summed E-state index contributed by atoms with van der Waals surface area (Å²) in [5, 5.41) is 10.1. The van der Waals surface area contributed by atoms with Crippen LogP contribution in [0, 0.1) is 0 Å². The molecule has 174 valence electrons. The summed E-state index contributed by atoms with van der Waals surface area (Å²) in [7, 11) is 0. The van der Waals surface area contributed by atoms with E-state index in [0.717, 1.165) is 37.3 Å². The van der Waals surface area contributed by atoms with Gasteiger partial charge in [0.25, 0.3) is 0 Å². The zero-order valence-corrected chi connectivity index (χ0v) is 20.5. The van der Waals surface area contributed by atoms with Gasteiger partial charge in [-0.3, -0.25) is 9.59 Å². The van der Waals surface area contributed by atoms with Crippen molar-refractivity contribution in [3.05, 3.63) is 71.1 Å². The summed E-state index contributed by atoms with van der Waals surface area (Å²) < 4.78 is 0. The summed E-state index contributed by atoms with van der Waals surface area (Å²) >= 11 is 5.29. The fourth-order valence-electron chi connectivity index (χ4n) is 3.93. The van der Waals surface area contributed by atoms with Gasteiger partial charge in [-0.05, 0) is 63.2 Å². The molecule has 33 heavy (non-hydrogen) atoms. The largest absolute Gasteiger partial charge is 0.367 e. The topological polar surface area (TPSA) is 73.5 Å². The number of likely N-dealkylation sites (tertiary alicyclic amines) is 1. The maximum atomic E-state index is 13.3. The van der Waals surface area contributed by atoms with Gasteiger partial charge in [-0.15, -0.1) is 0 Å². The van der Waals surface area contributed by atoms with E-state index in [-0.39, 0.29) is 17.6 Å². The Bertz CT molecular complexity index is 1050. The van der Waals surface area contributed by atoms with Crippen molar-refractivity contribution >= 4 is 40.3 Å². The molecule has 4 rings (SSSR count). The minimum atomic E-state index is -0.151. The molecule has 2 aliphatic rings. The van der Waals surface area contributed by atoms with E-state index in [4.69, 9.17) is 12.2 Å². The summed E-state index contributed by atoms with van der Waals surface area (Å²) in [5.74, 6) is -0.246. The monoisotopic (exact) mass is 464 g/mol. The minimum absolute atomic E-state index is 0.0944. The van der Waals surface area contributed by atoms with Crippen molar-refractivity contribution in [3.8, 4) is 0 Å². The third-order valence-corrected chi connectivity index (χ3v) is 5.57. The number of Topliss-reactive ketones (excluding diaryl/α,β-unsaturated/α-hetero) is 2. The van der Waals surface area contributed by atoms with Gasteiger partial charge in [-0.25, -0.2) is 0 Å². The Hall–Kier alpha value is -3.19. The molecule has 1 fully saturated rings. The highest BCUT2D eigenvalue weighted by Crippen LogP contribution is 2.31. The summed E-state index contributed by atoms with van der Waals surface area (Å²) in [5.41, 5.74) is 3.33. The lowest BCUT2D eigenvalue weighted by Gasteiger charge is -2.28. The van der Waals surface area contributed by atoms with Crippen LogP contribution in [-0.4, -0.2) is 40.7 Å². The van der Waals surface area contributed by atoms with Crippen LogP contribution in [0.15, 0.2) is 59.9 Å². The molecule has 0 amide bonds. The molecule has 1 aliphatic carbocycles. The van der Waals surface area contributed by atoms with Crippen LogP contribution in [-0.2, 0) is 0 Å². The number of carbonyl (C=O) groups excluding carboxylic acids is 2. The van der Waals surface area contributed by atoms with Crippen LogP contribution < -0.4 is 16.0 Å². The quantitative estimate of drug-likeness (QED) is 0.525. The van der Waals surface area contributed by atoms with E-state index in [1.165, 1.54) is 0 Å². The summed E-state index contributed by atoms with van der Waals surface area (Å²) in [6, 6.07) is 14.8. The zero-order chi connectivity index (χ0) is 24.0. The van der Waals surface area contributed by atoms with Gasteiger partial charge in [0.1, 0.15) is 11.4 Å². The molecular weight excluding hydrogens is 432 g/mol. The van der Waals surface area contributed by atoms with Crippen LogP contribution in [0.25, 0.3) is 0 Å². The van der Waals surface area contributed by atoms with Gasteiger partial charge in [0.15, 0.2) is 5.11 Å². The van der Waals surface area contributed by atoms with Crippen LogP contribution in [0.3, 0.4) is 0 Å². The Kier molecular flexibility index (Phi) is 8.22. The molecule has 0 unspecified atom stereocenters. The molecule has 6 nitrogen and oxygen atoms in total. The molecule has 0 saturated carbocycles. The average molecular weight is 465 g/mol. The molecule has 2 aromatic rings. The predicted molar refractivity (Wildman–Crippen MR) is 139 cm³/mol. The lowest BCUT2D eigenvalue weighted by atomic mass is 9.89. The molecular formula is C26H32N4O2S. The molecule has 0 atom stereocenters. The van der Waals surface area contributed by atoms with Crippen molar-refractivity contribution < 1.29 is 9.59 Å². The third-order valence-electron chi connectivity index (χ3n) is 5.35. The fourth-order valence-corrected chi connectivity index (χ4v) is 4.28. The SMILES string of the molecule is CC.CC(C)NC(=S)Nc1ccc(NC2=C(N3CCCC3)C(=O)c3ccccc3C2=O)cc1. The van der Waals surface area contributed by atoms with Crippen molar-refractivity contribution in [2.75, 3.05) is 23.7 Å². The van der Waals surface area contributed by atoms with Crippen LogP contribution in [0.2, 0.25) is 0 Å². The molecule has 0 radical (unpaired) electrons. The number of fused-ring (bicyclic) bond motifs is 1. The first-order valence-corrected chi connectivity index (χ1v) is 12.0. The van der Waals surface area contributed by atoms with Gasteiger partial charge in [-0.2, -0.15) is 0 Å². The van der Waals surface area contributed by atoms with Crippen LogP contribution >= 0.6 is 12.2 Å². The van der Waals surface area contributed by atoms with Crippen molar-refractivity contribution in [3.63, 3.8) is 0 Å². The highest BCUT2D eigenvalue weighted by Gasteiger charge is 2.36. The van der Waals surface area contributed by atoms with Crippen molar-refractivity contribution in [1.82, 2.24) is 10.2 Å². The number of ketones is 2. The van der Waals surface area contributed by atoms with Gasteiger partial charge in [0.05, 0.1) is 0 Å². The lowest BCUT2D eigenvalue weighted by molar-refractivity contribution is 0.0948. The number of thiocarbonyl (C=S) groups is 1. The molecule has 0 spiro atoms. The van der Waals surface area contributed by atoms with Crippen molar-refractivity contribution in [2.45, 2.75) is 46.6 Å². The second-order valence-corrected chi connectivity index (χ2v) is 8.49. The van der Waals surface area contributed by atoms with E-state index in [1.807, 2.05) is 56.9 Å². The number of nitrogens with one attached hydrogen (secondary N) is 3. The van der Waals surface area contributed by atoms with E-state index >= 15 is 0 Å². The Balaban J connectivity index is 0.00000149. The van der Waals surface area contributed by atoms with Crippen LogP contribution in [0.5, 0.6) is 0 Å². The van der Waals surface area contributed by atoms with Gasteiger partial charge in [0, 0.05) is 41.6 Å². The highest BCUT2D eigenvalue weighted by atomic mass is 32.1. The van der Waals surface area contributed by atoms with E-state index in [0.29, 0.717) is 27.6 Å². The van der Waals surface area contributed by atoms with Crippen LogP contribution in [0.4, 0.5) is 11.4 Å². The molecule has 1 heterocycles. The molecule has 1 saturated heterocycles. The van der Waals surface area contributed by atoms with E-state index in [2.05, 4.69) is 16.0 Å². The van der Waals surface area contributed by atoms with E-state index < -0.39 is 0 Å². The van der Waals surface area contributed by atoms with Crippen LogP contribution in [0.1, 0.15) is 61.3 Å². The number of nitrogens with zero attached hydrogens (tertiary/aromatic N) is 1. The molecule has 7 heteroatoms. The molecule has 0 bridgehead atoms. The smallest absolute Gasteiger partial charge is 0.212 e. The van der Waals surface area contributed by atoms with E-state index in [1.54, 1.807) is 24.3 Å². The number of hydrogen-bond acceptors (Lipinski definition) is 5. The fraction of sp³-hybridized carbons (Fsp3) is 0.346. The van der Waals surface area contributed by atoms with Gasteiger partial charge in [-0.1, -0.05) is 38.1 Å². The first-order chi connectivity index (χ1) is 15.9. The van der Waals surface area contributed by atoms with Crippen molar-refractivity contribution in [1.29, 1.82) is 0 Å².